The Bertz CT molecular complexity index is 2060. The predicted octanol–water partition coefficient (Wildman–Crippen LogP) is 6.52. The molecule has 10 nitrogen and oxygen atoms in total. The molecule has 53 heavy (non-hydrogen) atoms. The molecular formula is C42H50MgN4O6-2. The van der Waals surface area contributed by atoms with Crippen LogP contribution in [0.5, 0.6) is 0 Å². The van der Waals surface area contributed by atoms with Crippen LogP contribution in [0.1, 0.15) is 112 Å². The summed E-state index contributed by atoms with van der Waals surface area (Å²) in [7, 11) is 1.31. The van der Waals surface area contributed by atoms with Crippen LogP contribution in [0.3, 0.4) is 0 Å². The van der Waals surface area contributed by atoms with Crippen molar-refractivity contribution in [3.8, 4) is 0 Å². The summed E-state index contributed by atoms with van der Waals surface area (Å²) >= 11 is 0. The summed E-state index contributed by atoms with van der Waals surface area (Å²) in [5.41, 5.74) is 8.12. The van der Waals surface area contributed by atoms with E-state index in [1.54, 1.807) is 6.92 Å². The van der Waals surface area contributed by atoms with Crippen molar-refractivity contribution in [3.63, 3.8) is 0 Å². The third kappa shape index (κ3) is 7.31. The van der Waals surface area contributed by atoms with Crippen molar-refractivity contribution in [1.29, 1.82) is 0 Å². The van der Waals surface area contributed by atoms with Crippen LogP contribution in [0.4, 0.5) is 0 Å². The second-order valence-electron chi connectivity index (χ2n) is 14.8. The number of esters is 2. The zero-order valence-electron chi connectivity index (χ0n) is 32.5. The molecule has 0 radical (unpaired) electrons. The van der Waals surface area contributed by atoms with Gasteiger partial charge >= 0.3 is 35.0 Å². The van der Waals surface area contributed by atoms with Crippen LogP contribution in [-0.2, 0) is 19.1 Å². The molecule has 11 heteroatoms. The second kappa shape index (κ2) is 16.2. The largest absolute Gasteiger partial charge is 2.00 e. The summed E-state index contributed by atoms with van der Waals surface area (Å²) in [6.45, 7) is 16.0. The van der Waals surface area contributed by atoms with E-state index in [1.807, 2.05) is 45.1 Å². The predicted molar refractivity (Wildman–Crippen MR) is 208 cm³/mol. The molecule has 0 saturated carbocycles. The molecule has 0 aromatic carbocycles. The second-order valence-corrected chi connectivity index (χ2v) is 14.8. The molecule has 1 N–H and O–H groups in total. The normalized spacial score (nSPS) is 27.4. The Balaban J connectivity index is 0.00000541. The average molecular weight is 731 g/mol. The fourth-order valence-electron chi connectivity index (χ4n) is 8.56. The summed E-state index contributed by atoms with van der Waals surface area (Å²) in [5.74, 6) is -2.42. The number of ether oxygens (including phenoxy) is 2. The average Bonchev–Trinajstić information content (AvgIpc) is 3.84. The molecule has 278 valence electrons. The Labute approximate surface area is 328 Å². The number of methoxy groups -OCH3 is 1. The molecule has 1 aliphatic carbocycles. The standard InChI is InChI=1S/C42H51N4O6.Mg/c1-10-12-20(3)15-16-52-34(48)14-13-27-22(5)29-17-30-23(6)35(25(8)47)33(44-30)19-28-21(4)26(11-2)32(43-28)18-31-24(7)36-40(46-31)37(39(27)45-29)38(41(36)49)42(50)51-9;/h15,17-19,21-22,26-27,38-39H,10-14,16H2,1-9H3,(H2-,43,44,47,49);/q-3;+2/p-1/b20-15+,29-17-,32-18-;/t21-,22+,26-,27+,38-,39?;/m1./s1. The molecule has 3 aliphatic heterocycles. The number of hydrogen-bond donors (Lipinski definition) is 1. The van der Waals surface area contributed by atoms with Crippen LogP contribution in [0.25, 0.3) is 40.2 Å². The molecule has 2 aromatic heterocycles. The van der Waals surface area contributed by atoms with Gasteiger partial charge in [0, 0.05) is 17.2 Å². The molecule has 2 saturated heterocycles. The van der Waals surface area contributed by atoms with Crippen molar-refractivity contribution in [2.45, 2.75) is 93.5 Å². The SMILES string of the molecule is CCC/C(C)=C/COC(=O)CC[C@@H]1C2[N-]/C(=C\c3[n-]c(c(C(C)=O)c3C)/C=C3\[N-]/C(=C\c4[n-]c5c(c4C)=C(O)[C@H](C(=O)OC)C=52)[C@H](CC)[C@H]3C)[C@H]1C.[Mg+2]. The third-order valence-electron chi connectivity index (χ3n) is 11.5. The number of ketones is 1. The minimum atomic E-state index is -1.09. The smallest absolute Gasteiger partial charge is 0.681 e. The molecule has 5 heterocycles. The van der Waals surface area contributed by atoms with E-state index < -0.39 is 17.9 Å². The quantitative estimate of drug-likeness (QED) is 0.126. The first-order valence-electron chi connectivity index (χ1n) is 18.6. The Morgan fingerprint density at radius 1 is 0.906 bits per heavy atom. The van der Waals surface area contributed by atoms with E-state index in [4.69, 9.17) is 30.1 Å². The zero-order chi connectivity index (χ0) is 37.6. The number of aliphatic hydroxyl groups excluding tert-OH is 1. The summed E-state index contributed by atoms with van der Waals surface area (Å²) in [6.07, 6.45) is 11.2. The molecule has 8 bridgehead atoms. The number of aromatic nitrogens is 2. The van der Waals surface area contributed by atoms with Gasteiger partial charge in [0.25, 0.3) is 0 Å². The van der Waals surface area contributed by atoms with E-state index in [2.05, 4.69) is 27.7 Å². The minimum Gasteiger partial charge on any atom is -0.681 e. The van der Waals surface area contributed by atoms with Crippen molar-refractivity contribution in [1.82, 2.24) is 9.97 Å². The summed E-state index contributed by atoms with van der Waals surface area (Å²) in [6, 6.07) is -0.607. The monoisotopic (exact) mass is 730 g/mol. The number of hydrogen-bond acceptors (Lipinski definition) is 6. The van der Waals surface area contributed by atoms with Crippen LogP contribution in [0, 0.1) is 43.4 Å². The summed E-state index contributed by atoms with van der Waals surface area (Å²) in [4.78, 5) is 49.7. The van der Waals surface area contributed by atoms with Crippen LogP contribution >= 0.6 is 0 Å². The van der Waals surface area contributed by atoms with Gasteiger partial charge in [0.05, 0.1) is 7.11 Å². The molecule has 6 atom stereocenters. The van der Waals surface area contributed by atoms with Crippen LogP contribution in [0.15, 0.2) is 28.7 Å². The van der Waals surface area contributed by atoms with Crippen LogP contribution in [0.2, 0.25) is 0 Å². The van der Waals surface area contributed by atoms with Crippen LogP contribution in [-0.4, -0.2) is 65.6 Å². The van der Waals surface area contributed by atoms with E-state index >= 15 is 0 Å². The molecule has 1 unspecified atom stereocenters. The topological polar surface area (TPSA) is 146 Å². The molecule has 6 rings (SSSR count). The van der Waals surface area contributed by atoms with Gasteiger partial charge in [-0.05, 0) is 70.3 Å². The number of fused-ring (bicyclic) bond motifs is 8. The van der Waals surface area contributed by atoms with Gasteiger partial charge in [0.1, 0.15) is 18.3 Å². The first-order chi connectivity index (χ1) is 24.8. The zero-order valence-corrected chi connectivity index (χ0v) is 33.9. The van der Waals surface area contributed by atoms with E-state index in [-0.39, 0.29) is 77.3 Å². The number of nitrogens with zero attached hydrogens (tertiary/aromatic N) is 4. The van der Waals surface area contributed by atoms with Crippen LogP contribution < -0.4 is 20.5 Å². The number of aliphatic hydroxyl groups is 1. The Hall–Kier alpha value is -3.96. The molecule has 2 aromatic rings. The van der Waals surface area contributed by atoms with Crippen molar-refractivity contribution in [3.05, 3.63) is 83.7 Å². The molecule has 2 fully saturated rings. The van der Waals surface area contributed by atoms with Gasteiger partial charge in [0.2, 0.25) is 0 Å². The van der Waals surface area contributed by atoms with E-state index in [0.29, 0.717) is 45.2 Å². The van der Waals surface area contributed by atoms with E-state index in [1.165, 1.54) is 12.7 Å². The maximum absolute atomic E-state index is 13.5. The van der Waals surface area contributed by atoms with Crippen molar-refractivity contribution in [2.75, 3.05) is 13.7 Å². The fourth-order valence-corrected chi connectivity index (χ4v) is 8.56. The first kappa shape index (κ1) is 40.2. The Morgan fingerprint density at radius 2 is 1.58 bits per heavy atom. The maximum atomic E-state index is 13.5. The minimum absolute atomic E-state index is 0. The van der Waals surface area contributed by atoms with Crippen molar-refractivity contribution >= 4 is 70.3 Å². The van der Waals surface area contributed by atoms with Gasteiger partial charge in [-0.1, -0.05) is 87.1 Å². The first-order valence-corrected chi connectivity index (χ1v) is 18.6. The van der Waals surface area contributed by atoms with Gasteiger partial charge in [-0.2, -0.15) is 17.1 Å². The van der Waals surface area contributed by atoms with Crippen molar-refractivity contribution in [2.24, 2.45) is 29.6 Å². The van der Waals surface area contributed by atoms with Gasteiger partial charge in [-0.25, -0.2) is 0 Å². The van der Waals surface area contributed by atoms with E-state index in [9.17, 15) is 19.5 Å². The van der Waals surface area contributed by atoms with Gasteiger partial charge in [-0.15, -0.1) is 22.4 Å². The van der Waals surface area contributed by atoms with Crippen molar-refractivity contribution < 1.29 is 29.0 Å². The number of carbonyl (C=O) groups is 3. The molecular weight excluding hydrogens is 681 g/mol. The third-order valence-corrected chi connectivity index (χ3v) is 11.5. The Morgan fingerprint density at radius 3 is 2.25 bits per heavy atom. The summed E-state index contributed by atoms with van der Waals surface area (Å²) in [5, 5.41) is 23.2. The van der Waals surface area contributed by atoms with Gasteiger partial charge < -0.3 is 35.2 Å². The van der Waals surface area contributed by atoms with Gasteiger partial charge in [0.15, 0.2) is 5.78 Å². The number of allylic oxidation sites excluding steroid dienone is 4. The molecule has 0 amide bonds. The molecule has 4 aliphatic rings. The number of carbonyl (C=O) groups excluding carboxylic acids is 3. The van der Waals surface area contributed by atoms with E-state index in [0.717, 1.165) is 47.5 Å². The Kier molecular flexibility index (Phi) is 12.3. The molecule has 0 spiro atoms. The fraction of sp³-hybridized carbons (Fsp3) is 0.500. The number of rotatable bonds is 10. The number of Topliss-reactive ketones (excluding diaryl/α,β-unsaturated/α-hetero) is 1. The maximum Gasteiger partial charge on any atom is 2.00 e. The van der Waals surface area contributed by atoms with Gasteiger partial charge in [-0.3, -0.25) is 14.4 Å². The summed E-state index contributed by atoms with van der Waals surface area (Å²) < 4.78 is 10.9.